The molecule has 1 aromatic carbocycles. The van der Waals surface area contributed by atoms with Gasteiger partial charge in [-0.05, 0) is 30.9 Å². The predicted molar refractivity (Wildman–Crippen MR) is 76.7 cm³/mol. The Balaban J connectivity index is 2.23. The van der Waals surface area contributed by atoms with E-state index in [1.807, 2.05) is 0 Å². The van der Waals surface area contributed by atoms with Crippen LogP contribution >= 0.6 is 23.2 Å². The second kappa shape index (κ2) is 6.45. The van der Waals surface area contributed by atoms with Crippen molar-refractivity contribution in [3.8, 4) is 0 Å². The Kier molecular flexibility index (Phi) is 4.85. The van der Waals surface area contributed by atoms with Gasteiger partial charge in [-0.3, -0.25) is 4.79 Å². The average Bonchev–Trinajstić information content (AvgIpc) is 3.25. The maximum Gasteiger partial charge on any atom is 0.354 e. The van der Waals surface area contributed by atoms with E-state index in [0.29, 0.717) is 0 Å². The van der Waals surface area contributed by atoms with Crippen molar-refractivity contribution in [2.24, 2.45) is 5.92 Å². The second-order valence-corrected chi connectivity index (χ2v) is 5.42. The molecule has 0 heterocycles. The topological polar surface area (TPSA) is 55.4 Å². The maximum atomic E-state index is 13.4. The Morgan fingerprint density at radius 2 is 2.00 bits per heavy atom. The number of hydrogen-bond donors (Lipinski definition) is 1. The molecular weight excluding hydrogens is 320 g/mol. The number of halogens is 3. The van der Waals surface area contributed by atoms with Crippen LogP contribution in [0.25, 0.3) is 0 Å². The Labute approximate surface area is 130 Å². The number of amides is 1. The van der Waals surface area contributed by atoms with E-state index < -0.39 is 17.7 Å². The minimum Gasteiger partial charge on any atom is -0.464 e. The lowest BCUT2D eigenvalue weighted by molar-refractivity contribution is -0.136. The van der Waals surface area contributed by atoms with Crippen molar-refractivity contribution < 1.29 is 18.7 Å². The van der Waals surface area contributed by atoms with E-state index in [4.69, 9.17) is 23.2 Å². The predicted octanol–water partition coefficient (Wildman–Crippen LogP) is 3.33. The molecule has 0 aliphatic heterocycles. The summed E-state index contributed by atoms with van der Waals surface area (Å²) in [5.74, 6) is -1.89. The minimum absolute atomic E-state index is 0.00506. The summed E-state index contributed by atoms with van der Waals surface area (Å²) in [6.07, 6.45) is 3.53. The van der Waals surface area contributed by atoms with Crippen LogP contribution in [0.5, 0.6) is 0 Å². The van der Waals surface area contributed by atoms with Crippen molar-refractivity contribution in [1.82, 2.24) is 5.32 Å². The molecular formula is C14H12Cl2FNO3. The van der Waals surface area contributed by atoms with Gasteiger partial charge in [0.15, 0.2) is 0 Å². The summed E-state index contributed by atoms with van der Waals surface area (Å²) in [6, 6.07) is 2.06. The lowest BCUT2D eigenvalue weighted by Gasteiger charge is -2.10. The Bertz CT molecular complexity index is 627. The van der Waals surface area contributed by atoms with Crippen molar-refractivity contribution >= 4 is 35.1 Å². The van der Waals surface area contributed by atoms with Gasteiger partial charge in [-0.2, -0.15) is 0 Å². The van der Waals surface area contributed by atoms with Gasteiger partial charge in [0.25, 0.3) is 5.91 Å². The van der Waals surface area contributed by atoms with Gasteiger partial charge in [-0.1, -0.05) is 29.3 Å². The molecule has 4 nitrogen and oxygen atoms in total. The third kappa shape index (κ3) is 3.95. The summed E-state index contributed by atoms with van der Waals surface area (Å²) < 4.78 is 18.0. The van der Waals surface area contributed by atoms with Crippen LogP contribution in [-0.2, 0) is 9.53 Å². The van der Waals surface area contributed by atoms with Gasteiger partial charge >= 0.3 is 5.97 Å². The molecule has 0 radical (unpaired) electrons. The highest BCUT2D eigenvalue weighted by molar-refractivity contribution is 6.36. The monoisotopic (exact) mass is 331 g/mol. The molecule has 21 heavy (non-hydrogen) atoms. The zero-order valence-corrected chi connectivity index (χ0v) is 12.6. The summed E-state index contributed by atoms with van der Waals surface area (Å²) >= 11 is 11.4. The molecule has 1 aliphatic carbocycles. The van der Waals surface area contributed by atoms with Crippen LogP contribution in [-0.4, -0.2) is 19.0 Å². The summed E-state index contributed by atoms with van der Waals surface area (Å²) in [5, 5.41) is 2.21. The van der Waals surface area contributed by atoms with Crippen LogP contribution in [0.15, 0.2) is 23.9 Å². The van der Waals surface area contributed by atoms with Gasteiger partial charge in [0.05, 0.1) is 22.7 Å². The molecule has 0 bridgehead atoms. The number of carbonyl (C=O) groups is 2. The number of methoxy groups -OCH3 is 1. The molecule has 0 aromatic heterocycles. The van der Waals surface area contributed by atoms with Crippen LogP contribution in [0.1, 0.15) is 23.2 Å². The molecule has 2 rings (SSSR count). The quantitative estimate of drug-likeness (QED) is 0.523. The van der Waals surface area contributed by atoms with Gasteiger partial charge in [-0.15, -0.1) is 0 Å². The van der Waals surface area contributed by atoms with E-state index in [1.165, 1.54) is 7.11 Å². The first-order valence-corrected chi connectivity index (χ1v) is 6.94. The number of allylic oxidation sites excluding steroid dienone is 1. The molecule has 1 fully saturated rings. The number of rotatable bonds is 4. The lowest BCUT2D eigenvalue weighted by atomic mass is 10.2. The van der Waals surface area contributed by atoms with E-state index in [2.05, 4.69) is 10.1 Å². The lowest BCUT2D eigenvalue weighted by Crippen LogP contribution is -2.28. The molecule has 0 unspecified atom stereocenters. The minimum atomic E-state index is -0.767. The van der Waals surface area contributed by atoms with Gasteiger partial charge in [0.1, 0.15) is 11.5 Å². The molecule has 1 saturated carbocycles. The highest BCUT2D eigenvalue weighted by Crippen LogP contribution is 2.31. The van der Waals surface area contributed by atoms with E-state index in [1.54, 1.807) is 6.08 Å². The normalized spacial score (nSPS) is 14.8. The van der Waals surface area contributed by atoms with Crippen LogP contribution in [0, 0.1) is 11.7 Å². The van der Waals surface area contributed by atoms with Crippen LogP contribution in [0.4, 0.5) is 4.39 Å². The number of nitrogens with one attached hydrogen (secondary N) is 1. The van der Waals surface area contributed by atoms with E-state index >= 15 is 0 Å². The molecule has 0 saturated heterocycles. The third-order valence-electron chi connectivity index (χ3n) is 2.93. The largest absolute Gasteiger partial charge is 0.464 e. The van der Waals surface area contributed by atoms with Gasteiger partial charge in [0.2, 0.25) is 0 Å². The number of carbonyl (C=O) groups excluding carboxylic acids is 2. The van der Waals surface area contributed by atoms with Crippen molar-refractivity contribution in [2.75, 3.05) is 7.11 Å². The van der Waals surface area contributed by atoms with Crippen LogP contribution in [0.2, 0.25) is 10.0 Å². The van der Waals surface area contributed by atoms with Crippen molar-refractivity contribution in [3.63, 3.8) is 0 Å². The Morgan fingerprint density at radius 3 is 2.57 bits per heavy atom. The van der Waals surface area contributed by atoms with E-state index in [9.17, 15) is 14.0 Å². The smallest absolute Gasteiger partial charge is 0.354 e. The molecule has 1 aliphatic rings. The summed E-state index contributed by atoms with van der Waals surface area (Å²) in [5.41, 5.74) is -0.0828. The average molecular weight is 332 g/mol. The van der Waals surface area contributed by atoms with Gasteiger partial charge in [-0.25, -0.2) is 9.18 Å². The first-order valence-electron chi connectivity index (χ1n) is 6.18. The highest BCUT2D eigenvalue weighted by atomic mass is 35.5. The Hall–Kier alpha value is -1.59. The number of esters is 1. The molecule has 112 valence electrons. The van der Waals surface area contributed by atoms with Gasteiger partial charge in [0, 0.05) is 0 Å². The fraction of sp³-hybridized carbons (Fsp3) is 0.286. The second-order valence-electron chi connectivity index (χ2n) is 4.61. The summed E-state index contributed by atoms with van der Waals surface area (Å²) in [4.78, 5) is 23.7. The van der Waals surface area contributed by atoms with Gasteiger partial charge < -0.3 is 10.1 Å². The molecule has 0 spiro atoms. The molecule has 1 amide bonds. The maximum absolute atomic E-state index is 13.4. The number of benzene rings is 1. The molecule has 1 N–H and O–H groups in total. The van der Waals surface area contributed by atoms with Crippen molar-refractivity contribution in [1.29, 1.82) is 0 Å². The Morgan fingerprint density at radius 1 is 1.33 bits per heavy atom. The summed E-state index contributed by atoms with van der Waals surface area (Å²) in [7, 11) is 1.21. The fourth-order valence-electron chi connectivity index (χ4n) is 1.66. The third-order valence-corrected chi connectivity index (χ3v) is 3.53. The van der Waals surface area contributed by atoms with E-state index in [0.717, 1.165) is 25.0 Å². The first-order chi connectivity index (χ1) is 9.92. The van der Waals surface area contributed by atoms with Crippen LogP contribution < -0.4 is 5.32 Å². The standard InChI is InChI=1S/C14H12Cl2FNO3/c1-21-14(20)12(4-7-2-3-7)18-13(19)8-5-11(17)10(16)6-9(8)15/h4-7H,2-3H2,1H3,(H,18,19)/b12-4+. The number of ether oxygens (including phenoxy) is 1. The molecule has 7 heteroatoms. The van der Waals surface area contributed by atoms with E-state index in [-0.39, 0.29) is 27.2 Å². The zero-order valence-electron chi connectivity index (χ0n) is 11.1. The molecule has 1 aromatic rings. The number of hydrogen-bond acceptors (Lipinski definition) is 3. The summed E-state index contributed by atoms with van der Waals surface area (Å²) in [6.45, 7) is 0. The highest BCUT2D eigenvalue weighted by Gasteiger charge is 2.24. The van der Waals surface area contributed by atoms with Crippen molar-refractivity contribution in [2.45, 2.75) is 12.8 Å². The first kappa shape index (κ1) is 15.8. The van der Waals surface area contributed by atoms with Crippen molar-refractivity contribution in [3.05, 3.63) is 45.3 Å². The zero-order chi connectivity index (χ0) is 15.6. The fourth-order valence-corrected chi connectivity index (χ4v) is 2.12. The SMILES string of the molecule is COC(=O)/C(=C\C1CC1)NC(=O)c1cc(F)c(Cl)cc1Cl. The molecule has 0 atom stereocenters. The van der Waals surface area contributed by atoms with Crippen LogP contribution in [0.3, 0.4) is 0 Å².